The van der Waals surface area contributed by atoms with E-state index in [1.165, 1.54) is 12.1 Å². The van der Waals surface area contributed by atoms with Gasteiger partial charge < -0.3 is 5.73 Å². The Morgan fingerprint density at radius 3 is 2.28 bits per heavy atom. The molecule has 7 heteroatoms. The van der Waals surface area contributed by atoms with Gasteiger partial charge in [-0.3, -0.25) is 20.2 Å². The monoisotopic (exact) mass is 253 g/mol. The van der Waals surface area contributed by atoms with E-state index in [9.17, 15) is 20.2 Å². The Morgan fingerprint density at radius 2 is 1.83 bits per heavy atom. The van der Waals surface area contributed by atoms with Crippen molar-refractivity contribution >= 4 is 11.4 Å². The van der Waals surface area contributed by atoms with Gasteiger partial charge in [-0.05, 0) is 18.4 Å². The van der Waals surface area contributed by atoms with Crippen LogP contribution in [0.3, 0.4) is 0 Å². The summed E-state index contributed by atoms with van der Waals surface area (Å²) in [5.74, 6) is 0.180. The third-order valence-electron chi connectivity index (χ3n) is 2.79. The summed E-state index contributed by atoms with van der Waals surface area (Å²) in [6, 6.07) is 3.42. The summed E-state index contributed by atoms with van der Waals surface area (Å²) in [6.45, 7) is 3.84. The molecule has 0 aliphatic heterocycles. The highest BCUT2D eigenvalue weighted by Crippen LogP contribution is 2.26. The molecule has 0 saturated heterocycles. The summed E-state index contributed by atoms with van der Waals surface area (Å²) in [7, 11) is 0. The molecule has 0 heterocycles. The molecule has 0 aliphatic carbocycles. The highest BCUT2D eigenvalue weighted by Gasteiger charge is 2.21. The Kier molecular flexibility index (Phi) is 4.33. The molecule has 1 rings (SSSR count). The van der Waals surface area contributed by atoms with E-state index in [-0.39, 0.29) is 23.3 Å². The summed E-state index contributed by atoms with van der Waals surface area (Å²) in [5.41, 5.74) is 5.74. The zero-order chi connectivity index (χ0) is 13.9. The molecule has 2 N–H and O–H groups in total. The number of benzene rings is 1. The van der Waals surface area contributed by atoms with Gasteiger partial charge in [0, 0.05) is 17.7 Å². The minimum absolute atomic E-state index is 0.180. The van der Waals surface area contributed by atoms with Gasteiger partial charge >= 0.3 is 0 Å². The topological polar surface area (TPSA) is 112 Å². The second-order valence-electron chi connectivity index (χ2n) is 4.44. The third-order valence-corrected chi connectivity index (χ3v) is 2.79. The van der Waals surface area contributed by atoms with Gasteiger partial charge in [0.2, 0.25) is 0 Å². The number of non-ortho nitro benzene ring substituents is 1. The van der Waals surface area contributed by atoms with E-state index < -0.39 is 9.85 Å². The molecule has 1 atom stereocenters. The van der Waals surface area contributed by atoms with Crippen molar-refractivity contribution in [1.82, 2.24) is 0 Å². The van der Waals surface area contributed by atoms with E-state index >= 15 is 0 Å². The predicted octanol–water partition coefficient (Wildman–Crippen LogP) is 2.03. The van der Waals surface area contributed by atoms with Crippen molar-refractivity contribution in [1.29, 1.82) is 0 Å². The molecule has 0 amide bonds. The second-order valence-corrected chi connectivity index (χ2v) is 4.44. The normalized spacial score (nSPS) is 12.4. The number of rotatable bonds is 5. The standard InChI is InChI=1S/C11H15N3O4/c1-7(2)10(12)5-8-3-4-9(13(15)16)6-11(8)14(17)18/h3-4,6-7,10H,5,12H2,1-2H3. The molecule has 7 nitrogen and oxygen atoms in total. The van der Waals surface area contributed by atoms with Gasteiger partial charge in [-0.2, -0.15) is 0 Å². The van der Waals surface area contributed by atoms with Crippen LogP contribution in [0, 0.1) is 26.1 Å². The smallest absolute Gasteiger partial charge is 0.279 e. The first-order valence-electron chi connectivity index (χ1n) is 5.50. The summed E-state index contributed by atoms with van der Waals surface area (Å²) in [5, 5.41) is 21.5. The van der Waals surface area contributed by atoms with Crippen LogP contribution in [0.4, 0.5) is 11.4 Å². The molecule has 0 saturated carbocycles. The maximum Gasteiger partial charge on any atom is 0.279 e. The van der Waals surface area contributed by atoms with Crippen molar-refractivity contribution < 1.29 is 9.85 Å². The fourth-order valence-corrected chi connectivity index (χ4v) is 1.50. The average Bonchev–Trinajstić information content (AvgIpc) is 2.28. The SMILES string of the molecule is CC(C)C(N)Cc1ccc([N+](=O)[O-])cc1[N+](=O)[O-]. The molecular weight excluding hydrogens is 238 g/mol. The van der Waals surface area contributed by atoms with Gasteiger partial charge in [0.1, 0.15) is 0 Å². The van der Waals surface area contributed by atoms with Gasteiger partial charge in [0.25, 0.3) is 11.4 Å². The zero-order valence-corrected chi connectivity index (χ0v) is 10.2. The number of nitro groups is 2. The summed E-state index contributed by atoms with van der Waals surface area (Å²) in [4.78, 5) is 20.2. The lowest BCUT2D eigenvalue weighted by Gasteiger charge is -2.15. The lowest BCUT2D eigenvalue weighted by Crippen LogP contribution is -2.29. The predicted molar refractivity (Wildman–Crippen MR) is 66.3 cm³/mol. The Morgan fingerprint density at radius 1 is 1.22 bits per heavy atom. The first-order valence-corrected chi connectivity index (χ1v) is 5.50. The zero-order valence-electron chi connectivity index (χ0n) is 10.2. The number of nitrogens with zero attached hydrogens (tertiary/aromatic N) is 2. The van der Waals surface area contributed by atoms with Crippen LogP contribution in [-0.2, 0) is 6.42 Å². The largest absolute Gasteiger partial charge is 0.327 e. The van der Waals surface area contributed by atoms with E-state index in [0.29, 0.717) is 12.0 Å². The summed E-state index contributed by atoms with van der Waals surface area (Å²) in [6.07, 6.45) is 0.325. The first-order chi connectivity index (χ1) is 8.32. The van der Waals surface area contributed by atoms with Gasteiger partial charge in [0.15, 0.2) is 0 Å². The first kappa shape index (κ1) is 14.0. The minimum Gasteiger partial charge on any atom is -0.327 e. The number of nitrogens with two attached hydrogens (primary N) is 1. The molecule has 0 aliphatic rings. The van der Waals surface area contributed by atoms with Crippen LogP contribution >= 0.6 is 0 Å². The Hall–Kier alpha value is -2.02. The van der Waals surface area contributed by atoms with Crippen LogP contribution in [-0.4, -0.2) is 15.9 Å². The van der Waals surface area contributed by atoms with Crippen molar-refractivity contribution in [2.45, 2.75) is 26.3 Å². The van der Waals surface area contributed by atoms with Gasteiger partial charge in [-0.25, -0.2) is 0 Å². The molecule has 0 spiro atoms. The molecule has 1 aromatic rings. The molecule has 0 aromatic heterocycles. The van der Waals surface area contributed by atoms with E-state index in [0.717, 1.165) is 6.07 Å². The number of hydrogen-bond acceptors (Lipinski definition) is 5. The fraction of sp³-hybridized carbons (Fsp3) is 0.455. The lowest BCUT2D eigenvalue weighted by atomic mass is 9.96. The summed E-state index contributed by atoms with van der Waals surface area (Å²) >= 11 is 0. The summed E-state index contributed by atoms with van der Waals surface area (Å²) < 4.78 is 0. The van der Waals surface area contributed by atoms with Crippen LogP contribution in [0.25, 0.3) is 0 Å². The van der Waals surface area contributed by atoms with Crippen LogP contribution in [0.1, 0.15) is 19.4 Å². The van der Waals surface area contributed by atoms with Crippen LogP contribution < -0.4 is 5.73 Å². The molecule has 98 valence electrons. The molecular formula is C11H15N3O4. The second kappa shape index (κ2) is 5.54. The van der Waals surface area contributed by atoms with Crippen molar-refractivity contribution in [3.8, 4) is 0 Å². The molecule has 1 aromatic carbocycles. The minimum atomic E-state index is -0.654. The molecule has 1 unspecified atom stereocenters. The average molecular weight is 253 g/mol. The van der Waals surface area contributed by atoms with Crippen LogP contribution in [0.15, 0.2) is 18.2 Å². The molecule has 18 heavy (non-hydrogen) atoms. The quantitative estimate of drug-likeness (QED) is 0.637. The van der Waals surface area contributed by atoms with Gasteiger partial charge in [-0.1, -0.05) is 13.8 Å². The van der Waals surface area contributed by atoms with Crippen LogP contribution in [0.5, 0.6) is 0 Å². The van der Waals surface area contributed by atoms with Crippen molar-refractivity contribution in [2.75, 3.05) is 0 Å². The molecule has 0 bridgehead atoms. The third kappa shape index (κ3) is 3.24. The van der Waals surface area contributed by atoms with Gasteiger partial charge in [-0.15, -0.1) is 0 Å². The number of nitro benzene ring substituents is 2. The highest BCUT2D eigenvalue weighted by atomic mass is 16.6. The number of hydrogen-bond donors (Lipinski definition) is 1. The van der Waals surface area contributed by atoms with Crippen LogP contribution in [0.2, 0.25) is 0 Å². The van der Waals surface area contributed by atoms with Gasteiger partial charge in [0.05, 0.1) is 15.9 Å². The molecule has 0 radical (unpaired) electrons. The van der Waals surface area contributed by atoms with E-state index in [4.69, 9.17) is 5.73 Å². The van der Waals surface area contributed by atoms with E-state index in [1.54, 1.807) is 0 Å². The molecule has 0 fully saturated rings. The van der Waals surface area contributed by atoms with Crippen molar-refractivity contribution in [3.05, 3.63) is 44.0 Å². The van der Waals surface area contributed by atoms with E-state index in [2.05, 4.69) is 0 Å². The lowest BCUT2D eigenvalue weighted by molar-refractivity contribution is -0.394. The van der Waals surface area contributed by atoms with Crippen molar-refractivity contribution in [3.63, 3.8) is 0 Å². The fourth-order valence-electron chi connectivity index (χ4n) is 1.50. The Labute approximate surface area is 104 Å². The maximum atomic E-state index is 10.9. The van der Waals surface area contributed by atoms with E-state index in [1.807, 2.05) is 13.8 Å². The maximum absolute atomic E-state index is 10.9. The van der Waals surface area contributed by atoms with Crippen molar-refractivity contribution in [2.24, 2.45) is 11.7 Å². The Balaban J connectivity index is 3.12. The Bertz CT molecular complexity index is 473. The highest BCUT2D eigenvalue weighted by molar-refractivity contribution is 5.49.